The average Bonchev–Trinajstić information content (AvgIpc) is 2.50. The van der Waals surface area contributed by atoms with Crippen molar-refractivity contribution in [1.82, 2.24) is 10.3 Å². The van der Waals surface area contributed by atoms with E-state index in [1.807, 2.05) is 13.8 Å². The highest BCUT2D eigenvalue weighted by Gasteiger charge is 2.15. The van der Waals surface area contributed by atoms with Crippen molar-refractivity contribution >= 4 is 5.57 Å². The summed E-state index contributed by atoms with van der Waals surface area (Å²) in [6.45, 7) is 5.08. The maximum atomic E-state index is 13.9. The first kappa shape index (κ1) is 15.9. The van der Waals surface area contributed by atoms with E-state index in [0.717, 1.165) is 30.7 Å². The van der Waals surface area contributed by atoms with E-state index in [1.165, 1.54) is 6.07 Å². The molecule has 0 fully saturated rings. The summed E-state index contributed by atoms with van der Waals surface area (Å²) in [6.07, 6.45) is 3.57. The molecule has 116 valence electrons. The molecule has 0 aromatic carbocycles. The summed E-state index contributed by atoms with van der Waals surface area (Å²) in [5.41, 5.74) is 2.14. The van der Waals surface area contributed by atoms with Crippen LogP contribution in [0.4, 0.5) is 4.39 Å². The molecule has 5 heteroatoms. The molecule has 0 aliphatic carbocycles. The van der Waals surface area contributed by atoms with Gasteiger partial charge in [-0.05, 0) is 30.9 Å². The second-order valence-electron chi connectivity index (χ2n) is 5.66. The first-order valence-corrected chi connectivity index (χ1v) is 7.42. The highest BCUT2D eigenvalue weighted by atomic mass is 19.1. The van der Waals surface area contributed by atoms with Crippen LogP contribution in [0.3, 0.4) is 0 Å². The number of hydrogen-bond donors (Lipinski definition) is 2. The number of allylic oxidation sites excluding steroid dienone is 1. The molecule has 0 saturated heterocycles. The molecule has 1 aromatic rings. The Balaban J connectivity index is 2.10. The van der Waals surface area contributed by atoms with Gasteiger partial charge in [0.15, 0.2) is 0 Å². The van der Waals surface area contributed by atoms with Gasteiger partial charge in [0, 0.05) is 18.2 Å². The van der Waals surface area contributed by atoms with E-state index in [0.29, 0.717) is 12.2 Å². The first-order valence-electron chi connectivity index (χ1n) is 7.42. The first-order chi connectivity index (χ1) is 10.1. The smallest absolute Gasteiger partial charge is 0.146 e. The van der Waals surface area contributed by atoms with Crippen LogP contribution in [0.15, 0.2) is 18.4 Å². The van der Waals surface area contributed by atoms with Gasteiger partial charge in [-0.15, -0.1) is 0 Å². The van der Waals surface area contributed by atoms with Gasteiger partial charge < -0.3 is 15.2 Å². The maximum absolute atomic E-state index is 13.9. The van der Waals surface area contributed by atoms with Crippen molar-refractivity contribution < 1.29 is 14.2 Å². The van der Waals surface area contributed by atoms with Crippen LogP contribution in [-0.4, -0.2) is 29.3 Å². The number of rotatable bonds is 6. The van der Waals surface area contributed by atoms with Crippen molar-refractivity contribution in [3.63, 3.8) is 0 Å². The molecule has 1 atom stereocenters. The number of hydrogen-bond acceptors (Lipinski definition) is 4. The topological polar surface area (TPSA) is 54.4 Å². The van der Waals surface area contributed by atoms with Crippen molar-refractivity contribution in [2.45, 2.75) is 39.3 Å². The van der Waals surface area contributed by atoms with E-state index < -0.39 is 0 Å². The van der Waals surface area contributed by atoms with Crippen LogP contribution in [0.1, 0.15) is 38.1 Å². The number of ether oxygens (including phenoxy) is 1. The zero-order valence-corrected chi connectivity index (χ0v) is 12.6. The summed E-state index contributed by atoms with van der Waals surface area (Å²) in [5, 5.41) is 12.5. The van der Waals surface area contributed by atoms with Crippen LogP contribution in [-0.2, 0) is 11.3 Å². The maximum Gasteiger partial charge on any atom is 0.146 e. The van der Waals surface area contributed by atoms with Crippen molar-refractivity contribution in [2.24, 2.45) is 5.92 Å². The Morgan fingerprint density at radius 2 is 2.24 bits per heavy atom. The van der Waals surface area contributed by atoms with Crippen LogP contribution in [0.25, 0.3) is 5.57 Å². The zero-order valence-electron chi connectivity index (χ0n) is 12.6. The summed E-state index contributed by atoms with van der Waals surface area (Å²) in [5.74, 6) is -0.0558. The van der Waals surface area contributed by atoms with Crippen LogP contribution >= 0.6 is 0 Å². The molecule has 2 rings (SSSR count). The third-order valence-corrected chi connectivity index (χ3v) is 3.71. The van der Waals surface area contributed by atoms with Crippen molar-refractivity contribution in [2.75, 3.05) is 13.2 Å². The standard InChI is InChI=1S/C16H23FN2O2/c1-11(2)16(9-20)18-8-15-13(17)5-6-14(19-15)12-4-3-7-21-10-12/h5-6,10-11,16,18,20H,3-4,7-9H2,1-2H3/t16-/m0/s1. The highest BCUT2D eigenvalue weighted by Crippen LogP contribution is 2.22. The number of halogens is 1. The fraction of sp³-hybridized carbons (Fsp3) is 0.562. The van der Waals surface area contributed by atoms with Gasteiger partial charge in [-0.2, -0.15) is 0 Å². The molecule has 1 aliphatic heterocycles. The Bertz CT molecular complexity index is 503. The molecule has 2 N–H and O–H groups in total. The number of nitrogens with one attached hydrogen (secondary N) is 1. The Morgan fingerprint density at radius 1 is 1.43 bits per heavy atom. The van der Waals surface area contributed by atoms with Gasteiger partial charge in [0.05, 0.1) is 30.9 Å². The molecule has 21 heavy (non-hydrogen) atoms. The molecular weight excluding hydrogens is 271 g/mol. The van der Waals surface area contributed by atoms with E-state index in [4.69, 9.17) is 4.74 Å². The number of pyridine rings is 1. The summed E-state index contributed by atoms with van der Waals surface area (Å²) in [6, 6.07) is 3.07. The molecule has 0 bridgehead atoms. The average molecular weight is 294 g/mol. The zero-order chi connectivity index (χ0) is 15.2. The van der Waals surface area contributed by atoms with Gasteiger partial charge >= 0.3 is 0 Å². The van der Waals surface area contributed by atoms with E-state index in [1.54, 1.807) is 12.3 Å². The molecule has 0 amide bonds. The Morgan fingerprint density at radius 3 is 2.86 bits per heavy atom. The lowest BCUT2D eigenvalue weighted by Gasteiger charge is -2.20. The van der Waals surface area contributed by atoms with Gasteiger partial charge in [-0.25, -0.2) is 9.37 Å². The summed E-state index contributed by atoms with van der Waals surface area (Å²) < 4.78 is 19.2. The Labute approximate surface area is 125 Å². The lowest BCUT2D eigenvalue weighted by atomic mass is 10.0. The van der Waals surface area contributed by atoms with Crippen LogP contribution in [0.5, 0.6) is 0 Å². The monoisotopic (exact) mass is 294 g/mol. The molecule has 0 radical (unpaired) electrons. The van der Waals surface area contributed by atoms with Crippen molar-refractivity contribution in [1.29, 1.82) is 0 Å². The van der Waals surface area contributed by atoms with Gasteiger partial charge in [-0.1, -0.05) is 13.8 Å². The van der Waals surface area contributed by atoms with Gasteiger partial charge in [0.25, 0.3) is 0 Å². The molecule has 0 spiro atoms. The largest absolute Gasteiger partial charge is 0.501 e. The van der Waals surface area contributed by atoms with E-state index >= 15 is 0 Å². The minimum absolute atomic E-state index is 0.0258. The van der Waals surface area contributed by atoms with Crippen LogP contribution < -0.4 is 5.32 Å². The summed E-state index contributed by atoms with van der Waals surface area (Å²) in [7, 11) is 0. The minimum atomic E-state index is -0.330. The quantitative estimate of drug-likeness (QED) is 0.846. The molecular formula is C16H23FN2O2. The third kappa shape index (κ3) is 4.25. The SMILES string of the molecule is CC(C)[C@H](CO)NCc1nc(C2=COCCC2)ccc1F. The highest BCUT2D eigenvalue weighted by molar-refractivity contribution is 5.62. The van der Waals surface area contributed by atoms with Gasteiger partial charge in [-0.3, -0.25) is 0 Å². The summed E-state index contributed by atoms with van der Waals surface area (Å²) >= 11 is 0. The molecule has 0 saturated carbocycles. The number of nitrogens with zero attached hydrogens (tertiary/aromatic N) is 1. The summed E-state index contributed by atoms with van der Waals surface area (Å²) in [4.78, 5) is 4.39. The normalized spacial score (nSPS) is 16.5. The lowest BCUT2D eigenvalue weighted by molar-refractivity contribution is 0.209. The molecule has 1 aliphatic rings. The molecule has 4 nitrogen and oxygen atoms in total. The fourth-order valence-corrected chi connectivity index (χ4v) is 2.28. The van der Waals surface area contributed by atoms with E-state index in [-0.39, 0.29) is 24.4 Å². The van der Waals surface area contributed by atoms with Gasteiger partial charge in [0.1, 0.15) is 5.82 Å². The minimum Gasteiger partial charge on any atom is -0.501 e. The predicted molar refractivity (Wildman–Crippen MR) is 79.9 cm³/mol. The third-order valence-electron chi connectivity index (χ3n) is 3.71. The Hall–Kier alpha value is -1.46. The second-order valence-corrected chi connectivity index (χ2v) is 5.66. The van der Waals surface area contributed by atoms with E-state index in [9.17, 15) is 9.50 Å². The fourth-order valence-electron chi connectivity index (χ4n) is 2.28. The van der Waals surface area contributed by atoms with Crippen molar-refractivity contribution in [3.8, 4) is 0 Å². The number of aromatic nitrogens is 1. The van der Waals surface area contributed by atoms with Crippen LogP contribution in [0.2, 0.25) is 0 Å². The number of aliphatic hydroxyl groups excluding tert-OH is 1. The molecule has 0 unspecified atom stereocenters. The Kier molecular flexibility index (Phi) is 5.70. The second kappa shape index (κ2) is 7.52. The predicted octanol–water partition coefficient (Wildman–Crippen LogP) is 2.48. The number of aliphatic hydroxyl groups is 1. The van der Waals surface area contributed by atoms with Crippen molar-refractivity contribution in [3.05, 3.63) is 35.6 Å². The van der Waals surface area contributed by atoms with E-state index in [2.05, 4.69) is 10.3 Å². The lowest BCUT2D eigenvalue weighted by Crippen LogP contribution is -2.37. The molecule has 2 heterocycles. The van der Waals surface area contributed by atoms with Gasteiger partial charge in [0.2, 0.25) is 0 Å². The molecule has 1 aromatic heterocycles. The van der Waals surface area contributed by atoms with Crippen LogP contribution in [0, 0.1) is 11.7 Å².